The van der Waals surface area contributed by atoms with Crippen LogP contribution >= 0.6 is 24.0 Å². The molecular weight excluding hydrogens is 319 g/mol. The predicted molar refractivity (Wildman–Crippen MR) is 94.4 cm³/mol. The molecule has 1 aromatic carbocycles. The average Bonchev–Trinajstić information content (AvgIpc) is 2.51. The van der Waals surface area contributed by atoms with Crippen molar-refractivity contribution in [3.8, 4) is 5.75 Å². The topological polar surface area (TPSA) is 24.5 Å². The van der Waals surface area contributed by atoms with Gasteiger partial charge in [0.1, 0.15) is 11.9 Å². The minimum atomic E-state index is 0. The lowest BCUT2D eigenvalue weighted by molar-refractivity contribution is 0.0754. The number of rotatable bonds is 4. The summed E-state index contributed by atoms with van der Waals surface area (Å²) in [5.41, 5.74) is 0. The van der Waals surface area contributed by atoms with E-state index in [1.54, 1.807) is 0 Å². The first-order valence-corrected chi connectivity index (χ1v) is 8.53. The number of ether oxygens (including phenoxy) is 1. The number of hydrogen-bond donors (Lipinski definition) is 1. The van der Waals surface area contributed by atoms with Crippen LogP contribution in [-0.2, 0) is 0 Å². The molecular formula is C17H26Cl2N2O. The van der Waals surface area contributed by atoms with Crippen LogP contribution in [0.5, 0.6) is 5.75 Å². The molecule has 0 saturated carbocycles. The summed E-state index contributed by atoms with van der Waals surface area (Å²) >= 11 is 6.19. The number of halogens is 2. The van der Waals surface area contributed by atoms with Crippen LogP contribution < -0.4 is 10.1 Å². The molecule has 0 amide bonds. The van der Waals surface area contributed by atoms with Crippen molar-refractivity contribution in [1.82, 2.24) is 10.2 Å². The van der Waals surface area contributed by atoms with Gasteiger partial charge in [-0.3, -0.25) is 4.90 Å². The highest BCUT2D eigenvalue weighted by atomic mass is 35.5. The quantitative estimate of drug-likeness (QED) is 0.902. The van der Waals surface area contributed by atoms with Gasteiger partial charge in [0.15, 0.2) is 0 Å². The van der Waals surface area contributed by atoms with Crippen molar-refractivity contribution in [3.05, 3.63) is 29.3 Å². The van der Waals surface area contributed by atoms with Crippen molar-refractivity contribution >= 4 is 24.0 Å². The van der Waals surface area contributed by atoms with E-state index in [0.717, 1.165) is 24.6 Å². The van der Waals surface area contributed by atoms with E-state index >= 15 is 0 Å². The Morgan fingerprint density at radius 1 is 1.23 bits per heavy atom. The first-order chi connectivity index (χ1) is 10.3. The Hall–Kier alpha value is -0.480. The second-order valence-electron chi connectivity index (χ2n) is 6.28. The maximum atomic E-state index is 6.19. The normalized spacial score (nSPS) is 26.2. The van der Waals surface area contributed by atoms with Crippen LogP contribution in [0.25, 0.3) is 0 Å². The van der Waals surface area contributed by atoms with Gasteiger partial charge < -0.3 is 10.1 Å². The molecule has 0 aliphatic carbocycles. The van der Waals surface area contributed by atoms with E-state index < -0.39 is 0 Å². The summed E-state index contributed by atoms with van der Waals surface area (Å²) in [5.74, 6) is 1.63. The number of nitrogens with one attached hydrogen (secondary N) is 1. The van der Waals surface area contributed by atoms with E-state index in [2.05, 4.69) is 10.2 Å². The smallest absolute Gasteiger partial charge is 0.138 e. The third-order valence-corrected chi connectivity index (χ3v) is 4.82. The van der Waals surface area contributed by atoms with E-state index in [1.807, 2.05) is 24.3 Å². The number of nitrogens with zero attached hydrogens (tertiary/aromatic N) is 1. The average molecular weight is 345 g/mol. The van der Waals surface area contributed by atoms with Crippen LogP contribution in [0.4, 0.5) is 0 Å². The third-order valence-electron chi connectivity index (χ3n) is 4.51. The van der Waals surface area contributed by atoms with Crippen molar-refractivity contribution in [1.29, 1.82) is 0 Å². The van der Waals surface area contributed by atoms with Crippen molar-refractivity contribution < 1.29 is 4.74 Å². The van der Waals surface area contributed by atoms with Gasteiger partial charge in [-0.2, -0.15) is 0 Å². The zero-order chi connectivity index (χ0) is 14.5. The molecule has 3 nitrogen and oxygen atoms in total. The zero-order valence-electron chi connectivity index (χ0n) is 13.0. The number of para-hydroxylation sites is 1. The molecule has 2 unspecified atom stereocenters. The number of likely N-dealkylation sites (tertiary alicyclic amines) is 1. The Morgan fingerprint density at radius 3 is 2.86 bits per heavy atom. The highest BCUT2D eigenvalue weighted by molar-refractivity contribution is 6.32. The van der Waals surface area contributed by atoms with E-state index in [0.29, 0.717) is 5.02 Å². The lowest BCUT2D eigenvalue weighted by atomic mass is 9.97. The lowest BCUT2D eigenvalue weighted by Crippen LogP contribution is -2.45. The first-order valence-electron chi connectivity index (χ1n) is 8.15. The minimum absolute atomic E-state index is 0. The molecule has 1 N–H and O–H groups in total. The van der Waals surface area contributed by atoms with Crippen molar-refractivity contribution in [3.63, 3.8) is 0 Å². The van der Waals surface area contributed by atoms with Crippen molar-refractivity contribution in [2.45, 2.75) is 31.8 Å². The maximum absolute atomic E-state index is 6.19. The Morgan fingerprint density at radius 2 is 2.09 bits per heavy atom. The standard InChI is InChI=1S/C17H25ClN2O.ClH/c18-16-7-1-2-8-17(16)21-15-6-4-10-20(13-15)12-14-5-3-9-19-11-14;/h1-2,7-8,14-15,19H,3-6,9-13H2;1H. The molecule has 124 valence electrons. The third kappa shape index (κ3) is 5.02. The van der Waals surface area contributed by atoms with Crippen molar-refractivity contribution in [2.24, 2.45) is 5.92 Å². The summed E-state index contributed by atoms with van der Waals surface area (Å²) < 4.78 is 6.12. The fourth-order valence-electron chi connectivity index (χ4n) is 3.44. The Labute approximate surface area is 144 Å². The first kappa shape index (κ1) is 17.9. The molecule has 0 aromatic heterocycles. The van der Waals surface area contributed by atoms with Gasteiger partial charge >= 0.3 is 0 Å². The van der Waals surface area contributed by atoms with Gasteiger partial charge in [0.2, 0.25) is 0 Å². The fraction of sp³-hybridized carbons (Fsp3) is 0.647. The molecule has 22 heavy (non-hydrogen) atoms. The molecule has 2 fully saturated rings. The number of benzene rings is 1. The van der Waals surface area contributed by atoms with E-state index in [1.165, 1.54) is 45.4 Å². The second-order valence-corrected chi connectivity index (χ2v) is 6.69. The molecule has 2 atom stereocenters. The Bertz CT molecular complexity index is 452. The highest BCUT2D eigenvalue weighted by Crippen LogP contribution is 2.26. The van der Waals surface area contributed by atoms with Gasteiger partial charge in [-0.15, -0.1) is 12.4 Å². The molecule has 0 radical (unpaired) electrons. The largest absolute Gasteiger partial charge is 0.488 e. The zero-order valence-corrected chi connectivity index (χ0v) is 14.5. The lowest BCUT2D eigenvalue weighted by Gasteiger charge is -2.36. The Balaban J connectivity index is 0.00000176. The Kier molecular flexibility index (Phi) is 7.29. The van der Waals surface area contributed by atoms with Gasteiger partial charge in [0.25, 0.3) is 0 Å². The monoisotopic (exact) mass is 344 g/mol. The minimum Gasteiger partial charge on any atom is -0.488 e. The van der Waals surface area contributed by atoms with Crippen LogP contribution in [0, 0.1) is 5.92 Å². The fourth-order valence-corrected chi connectivity index (χ4v) is 3.62. The summed E-state index contributed by atoms with van der Waals surface area (Å²) in [7, 11) is 0. The molecule has 2 heterocycles. The summed E-state index contributed by atoms with van der Waals surface area (Å²) in [6, 6.07) is 7.78. The van der Waals surface area contributed by atoms with Crippen LogP contribution in [0.2, 0.25) is 5.02 Å². The van der Waals surface area contributed by atoms with Gasteiger partial charge in [0, 0.05) is 13.1 Å². The van der Waals surface area contributed by atoms with Gasteiger partial charge in [-0.05, 0) is 63.4 Å². The molecule has 1 aromatic rings. The van der Waals surface area contributed by atoms with Crippen LogP contribution in [-0.4, -0.2) is 43.7 Å². The van der Waals surface area contributed by atoms with Crippen molar-refractivity contribution in [2.75, 3.05) is 32.7 Å². The number of piperidine rings is 2. The molecule has 2 saturated heterocycles. The summed E-state index contributed by atoms with van der Waals surface area (Å²) in [4.78, 5) is 2.57. The highest BCUT2D eigenvalue weighted by Gasteiger charge is 2.24. The summed E-state index contributed by atoms with van der Waals surface area (Å²) in [6.07, 6.45) is 5.30. The molecule has 2 aliphatic rings. The van der Waals surface area contributed by atoms with Gasteiger partial charge in [0.05, 0.1) is 5.02 Å². The van der Waals surface area contributed by atoms with E-state index in [-0.39, 0.29) is 18.5 Å². The molecule has 3 rings (SSSR count). The predicted octanol–water partition coefficient (Wildman–Crippen LogP) is 3.60. The maximum Gasteiger partial charge on any atom is 0.138 e. The summed E-state index contributed by atoms with van der Waals surface area (Å²) in [6.45, 7) is 5.80. The molecule has 2 aliphatic heterocycles. The van der Waals surface area contributed by atoms with Crippen LogP contribution in [0.15, 0.2) is 24.3 Å². The SMILES string of the molecule is Cl.Clc1ccccc1OC1CCCN(CC2CCCNC2)C1. The van der Waals surface area contributed by atoms with Crippen LogP contribution in [0.1, 0.15) is 25.7 Å². The van der Waals surface area contributed by atoms with E-state index in [4.69, 9.17) is 16.3 Å². The molecule has 5 heteroatoms. The summed E-state index contributed by atoms with van der Waals surface area (Å²) in [5, 5.41) is 4.22. The van der Waals surface area contributed by atoms with Gasteiger partial charge in [-0.25, -0.2) is 0 Å². The van der Waals surface area contributed by atoms with Crippen LogP contribution in [0.3, 0.4) is 0 Å². The second kappa shape index (κ2) is 8.97. The molecule has 0 bridgehead atoms. The van der Waals surface area contributed by atoms with Gasteiger partial charge in [-0.1, -0.05) is 23.7 Å². The van der Waals surface area contributed by atoms with E-state index in [9.17, 15) is 0 Å². The number of hydrogen-bond acceptors (Lipinski definition) is 3. The molecule has 0 spiro atoms.